The number of nitrogens with two attached hydrogens (primary N) is 1. The molecule has 2 aliphatic rings. The van der Waals surface area contributed by atoms with Crippen molar-refractivity contribution in [3.63, 3.8) is 0 Å². The summed E-state index contributed by atoms with van der Waals surface area (Å²) in [4.78, 5) is 50.3. The van der Waals surface area contributed by atoms with Crippen LogP contribution in [0.1, 0.15) is 68.8 Å². The number of alkyl carbamates (subject to hydrolysis) is 1. The number of likely N-dealkylation sites (N-methyl/N-ethyl adjacent to an activating group) is 1. The molecule has 0 aromatic heterocycles. The van der Waals surface area contributed by atoms with Crippen molar-refractivity contribution in [2.75, 3.05) is 38.2 Å². The lowest BCUT2D eigenvalue weighted by molar-refractivity contribution is -0.141. The van der Waals surface area contributed by atoms with Crippen LogP contribution in [0.15, 0.2) is 48.1 Å². The van der Waals surface area contributed by atoms with Crippen molar-refractivity contribution in [3.8, 4) is 5.75 Å². The first-order chi connectivity index (χ1) is 25.7. The number of aliphatic hydroxyl groups excluding tert-OH is 1. The third-order valence-electron chi connectivity index (χ3n) is 8.97. The van der Waals surface area contributed by atoms with Crippen LogP contribution < -0.4 is 20.7 Å². The van der Waals surface area contributed by atoms with Gasteiger partial charge in [0, 0.05) is 46.2 Å². The van der Waals surface area contributed by atoms with E-state index in [2.05, 4.69) is 16.9 Å². The van der Waals surface area contributed by atoms with Crippen LogP contribution in [0.2, 0.25) is 10.0 Å². The van der Waals surface area contributed by atoms with Crippen molar-refractivity contribution in [1.29, 1.82) is 0 Å². The van der Waals surface area contributed by atoms with Crippen LogP contribution >= 0.6 is 34.8 Å². The number of nitrogens with zero attached hydrogens (tertiary/aromatic N) is 2. The molecule has 3 amide bonds. The smallest absolute Gasteiger partial charge is 0.409 e. The average molecular weight is 832 g/mol. The van der Waals surface area contributed by atoms with E-state index in [-0.39, 0.29) is 53.8 Å². The fourth-order valence-corrected chi connectivity index (χ4v) is 6.46. The Balaban J connectivity index is 0.000000440. The number of rotatable bonds is 4. The molecule has 0 spiro atoms. The number of carbonyl (C=O) groups excluding carboxylic acids is 3. The summed E-state index contributed by atoms with van der Waals surface area (Å²) in [5.74, 6) is -2.41. The number of ether oxygens (including phenoxy) is 2. The van der Waals surface area contributed by atoms with Crippen LogP contribution in [0.4, 0.5) is 20.6 Å². The lowest BCUT2D eigenvalue weighted by atomic mass is 9.92. The molecule has 17 heteroatoms. The van der Waals surface area contributed by atoms with E-state index in [0.29, 0.717) is 29.3 Å². The number of aliphatic hydroxyl groups is 2. The van der Waals surface area contributed by atoms with Crippen molar-refractivity contribution in [3.05, 3.63) is 75.1 Å². The highest BCUT2D eigenvalue weighted by molar-refractivity contribution is 6.35. The topological polar surface area (TPSA) is 192 Å². The van der Waals surface area contributed by atoms with E-state index in [1.165, 1.54) is 32.4 Å². The summed E-state index contributed by atoms with van der Waals surface area (Å²) >= 11 is 17.0. The molecule has 0 aliphatic carbocycles. The van der Waals surface area contributed by atoms with Crippen LogP contribution in [0.25, 0.3) is 0 Å². The molecule has 1 saturated heterocycles. The van der Waals surface area contributed by atoms with Crippen molar-refractivity contribution in [1.82, 2.24) is 10.2 Å². The lowest BCUT2D eigenvalue weighted by Gasteiger charge is -2.37. The molecule has 2 aliphatic heterocycles. The Hall–Kier alpha value is -4.08. The second-order valence-electron chi connectivity index (χ2n) is 13.5. The largest absolute Gasteiger partial charge is 0.495 e. The molecule has 2 aromatic rings. The van der Waals surface area contributed by atoms with Gasteiger partial charge in [0.25, 0.3) is 5.91 Å². The zero-order chi connectivity index (χ0) is 41.8. The van der Waals surface area contributed by atoms with Gasteiger partial charge < -0.3 is 40.3 Å². The predicted octanol–water partition coefficient (Wildman–Crippen LogP) is 6.58. The second-order valence-corrected chi connectivity index (χ2v) is 14.3. The molecule has 5 atom stereocenters. The van der Waals surface area contributed by atoms with Gasteiger partial charge in [-0.25, -0.2) is 14.0 Å². The number of hydrogen-bond donors (Lipinski definition) is 5. The highest BCUT2D eigenvalue weighted by Gasteiger charge is 2.39. The van der Waals surface area contributed by atoms with Gasteiger partial charge in [0.05, 0.1) is 35.2 Å². The Kier molecular flexibility index (Phi) is 18.2. The molecule has 13 nitrogen and oxygen atoms in total. The summed E-state index contributed by atoms with van der Waals surface area (Å²) < 4.78 is 24.0. The molecule has 0 saturated carbocycles. The molecule has 1 fully saturated rings. The fourth-order valence-electron chi connectivity index (χ4n) is 5.89. The number of aliphatic carboxylic acids is 1. The number of alkyl halides is 1. The van der Waals surface area contributed by atoms with Crippen molar-refractivity contribution < 1.29 is 48.4 Å². The van der Waals surface area contributed by atoms with Crippen LogP contribution in [-0.4, -0.2) is 95.7 Å². The van der Waals surface area contributed by atoms with E-state index in [9.17, 15) is 33.8 Å². The summed E-state index contributed by atoms with van der Waals surface area (Å²) in [6.07, 6.45) is 6.58. The number of carboxylic acid groups (broad SMARTS) is 1. The number of halogens is 4. The zero-order valence-electron chi connectivity index (χ0n) is 31.9. The average Bonchev–Trinajstić information content (AvgIpc) is 3.11. The summed E-state index contributed by atoms with van der Waals surface area (Å²) in [6, 6.07) is 4.70. The minimum Gasteiger partial charge on any atom is -0.495 e. The Morgan fingerprint density at radius 1 is 1.18 bits per heavy atom. The Bertz CT molecular complexity index is 1760. The quantitative estimate of drug-likeness (QED) is 0.166. The maximum atomic E-state index is 13.3. The molecule has 3 unspecified atom stereocenters. The number of hydrogen-bond acceptors (Lipinski definition) is 9. The van der Waals surface area contributed by atoms with Gasteiger partial charge in [0.1, 0.15) is 34.5 Å². The molecule has 55 heavy (non-hydrogen) atoms. The number of fused-ring (bicyclic) bond motifs is 4. The van der Waals surface area contributed by atoms with Crippen LogP contribution in [-0.2, 0) is 20.7 Å². The van der Waals surface area contributed by atoms with Crippen molar-refractivity contribution in [2.24, 2.45) is 5.92 Å². The fraction of sp³-hybridized carbons (Fsp3) is 0.474. The van der Waals surface area contributed by atoms with E-state index < -0.39 is 47.8 Å². The number of allylic oxidation sites excluding steroid dienone is 3. The number of benzene rings is 2. The molecular formula is C38H50Cl3FN4O9. The summed E-state index contributed by atoms with van der Waals surface area (Å²) in [5.41, 5.74) is 6.08. The number of nitrogens with one attached hydrogen (secondary N) is 1. The number of anilines is 2. The van der Waals surface area contributed by atoms with Gasteiger partial charge in [-0.2, -0.15) is 0 Å². The first kappa shape index (κ1) is 47.1. The Labute approximate surface area is 335 Å². The summed E-state index contributed by atoms with van der Waals surface area (Å²) in [5, 5.41) is 33.1. The standard InChI is InChI=1S/C26H35ClN2O6.C11H12ClFN2O3.CH3Cl/c1-16-7-5-6-8-26(33)15-20(35-25(32)28-26)14-19(30)10-17(2)11-23(31)29(3)21-12-18(9-16)13-22(34-4)24(21)27;1-5(11(17)18)15(2)10(16)6-3-8(13)9(14)4-7(6)12;1-2/h5-7,12-13,17,19-20,30,33H,8-11,14-15H2,1-4H3,(H,28,32);3-5H,14H2,1-2H3,(H,17,18);1H3/b6-5+,16-7+;;/t17?,19?,20?,26-;5-;/m10./s1. The minimum absolute atomic E-state index is 0.0247. The number of carbonyl (C=O) groups is 4. The van der Waals surface area contributed by atoms with Crippen molar-refractivity contribution >= 4 is 70.1 Å². The molecule has 6 N–H and O–H groups in total. The Morgan fingerprint density at radius 2 is 1.84 bits per heavy atom. The van der Waals surface area contributed by atoms with E-state index in [1.54, 1.807) is 13.1 Å². The SMILES string of the molecule is CCl.COc1cc2cc(c1Cl)N(C)C(=O)CC(C)CC(O)CC1C[C@](O)(C/C=C/C=C(\C)C2)NC(=O)O1.C[C@@H](C(=O)O)N(C)C(=O)c1cc(F)c(N)cc1Cl. The zero-order valence-corrected chi connectivity index (χ0v) is 34.1. The number of nitrogen functional groups attached to an aromatic ring is 1. The van der Waals surface area contributed by atoms with Crippen LogP contribution in [0.3, 0.4) is 0 Å². The van der Waals surface area contributed by atoms with E-state index in [1.807, 2.05) is 38.1 Å². The molecule has 0 radical (unpaired) electrons. The highest BCUT2D eigenvalue weighted by Crippen LogP contribution is 2.37. The molecule has 4 bridgehead atoms. The molecule has 304 valence electrons. The molecule has 2 aromatic carbocycles. The normalized spacial score (nSPS) is 23.8. The summed E-state index contributed by atoms with van der Waals surface area (Å²) in [7, 11) is 4.52. The van der Waals surface area contributed by atoms with Gasteiger partial charge >= 0.3 is 12.1 Å². The van der Waals surface area contributed by atoms with Gasteiger partial charge in [-0.3, -0.25) is 14.9 Å². The second kappa shape index (κ2) is 21.3. The predicted molar refractivity (Wildman–Crippen MR) is 211 cm³/mol. The first-order valence-corrected chi connectivity index (χ1v) is 18.7. The maximum Gasteiger partial charge on any atom is 0.409 e. The third kappa shape index (κ3) is 13.6. The van der Waals surface area contributed by atoms with E-state index in [4.69, 9.17) is 43.5 Å². The van der Waals surface area contributed by atoms with Gasteiger partial charge in [0.15, 0.2) is 0 Å². The van der Waals surface area contributed by atoms with Gasteiger partial charge in [0.2, 0.25) is 5.91 Å². The van der Waals surface area contributed by atoms with Gasteiger partial charge in [-0.15, -0.1) is 11.6 Å². The first-order valence-electron chi connectivity index (χ1n) is 17.2. The number of amides is 3. The van der Waals surface area contributed by atoms with Crippen LogP contribution in [0.5, 0.6) is 5.75 Å². The summed E-state index contributed by atoms with van der Waals surface area (Å²) in [6.45, 7) is 5.20. The van der Waals surface area contributed by atoms with E-state index >= 15 is 0 Å². The molecule has 2 heterocycles. The van der Waals surface area contributed by atoms with Gasteiger partial charge in [-0.1, -0.05) is 53.9 Å². The van der Waals surface area contributed by atoms with Crippen molar-refractivity contribution in [2.45, 2.75) is 83.3 Å². The monoisotopic (exact) mass is 830 g/mol. The minimum atomic E-state index is -1.45. The van der Waals surface area contributed by atoms with Gasteiger partial charge in [-0.05, 0) is 62.4 Å². The maximum absolute atomic E-state index is 13.3. The lowest BCUT2D eigenvalue weighted by Crippen LogP contribution is -2.56. The molecule has 4 rings (SSSR count). The molecular weight excluding hydrogens is 782 g/mol. The third-order valence-corrected chi connectivity index (χ3v) is 9.66. The Morgan fingerprint density at radius 3 is 2.45 bits per heavy atom. The van der Waals surface area contributed by atoms with Crippen LogP contribution in [0, 0.1) is 11.7 Å². The highest BCUT2D eigenvalue weighted by atomic mass is 35.5. The number of carboxylic acids is 1. The number of methoxy groups -OCH3 is 1. The van der Waals surface area contributed by atoms with E-state index in [0.717, 1.165) is 28.2 Å².